The molecule has 3 rings (SSSR count). The van der Waals surface area contributed by atoms with Gasteiger partial charge < -0.3 is 0 Å². The molecule has 0 aliphatic carbocycles. The molecule has 0 N–H and O–H groups in total. The highest BCUT2D eigenvalue weighted by atomic mass is 32.1. The molecule has 3 aromatic heterocycles. The summed E-state index contributed by atoms with van der Waals surface area (Å²) in [5.74, 6) is 0. The normalized spacial score (nSPS) is 11.2. The minimum absolute atomic E-state index is 0.318. The molecule has 0 saturated heterocycles. The van der Waals surface area contributed by atoms with Crippen LogP contribution in [0.1, 0.15) is 15.6 Å². The molecule has 0 unspecified atom stereocenters. The first kappa shape index (κ1) is 14.6. The van der Waals surface area contributed by atoms with Crippen LogP contribution in [0.2, 0.25) is 0 Å². The van der Waals surface area contributed by atoms with Crippen LogP contribution in [0.3, 0.4) is 0 Å². The van der Waals surface area contributed by atoms with Gasteiger partial charge in [-0.25, -0.2) is 19.7 Å². The van der Waals surface area contributed by atoms with E-state index in [9.17, 15) is 9.59 Å². The predicted octanol–water partition coefficient (Wildman–Crippen LogP) is 0.806. The van der Waals surface area contributed by atoms with Gasteiger partial charge in [-0.05, 0) is 13.8 Å². The smallest absolute Gasteiger partial charge is 0.280 e. The number of thiazole rings is 1. The summed E-state index contributed by atoms with van der Waals surface area (Å²) in [5, 5.41) is 1.33. The van der Waals surface area contributed by atoms with Crippen LogP contribution in [0.5, 0.6) is 0 Å². The molecule has 0 atom stereocenters. The van der Waals surface area contributed by atoms with Gasteiger partial charge in [0.1, 0.15) is 11.7 Å². The third-order valence-corrected chi connectivity index (χ3v) is 4.70. The highest BCUT2D eigenvalue weighted by Crippen LogP contribution is 2.17. The van der Waals surface area contributed by atoms with Crippen molar-refractivity contribution in [1.29, 1.82) is 0 Å². The fourth-order valence-corrected chi connectivity index (χ4v) is 3.39. The van der Waals surface area contributed by atoms with Gasteiger partial charge in [-0.2, -0.15) is 0 Å². The molecule has 7 nitrogen and oxygen atoms in total. The van der Waals surface area contributed by atoms with Crippen molar-refractivity contribution in [2.45, 2.75) is 26.8 Å². The van der Waals surface area contributed by atoms with Gasteiger partial charge in [0.25, 0.3) is 5.56 Å². The summed E-state index contributed by atoms with van der Waals surface area (Å²) in [6.45, 7) is 4.20. The van der Waals surface area contributed by atoms with Crippen LogP contribution in [0, 0.1) is 13.8 Å². The van der Waals surface area contributed by atoms with Gasteiger partial charge in [0.15, 0.2) is 5.65 Å². The van der Waals surface area contributed by atoms with Crippen molar-refractivity contribution in [3.63, 3.8) is 0 Å². The van der Waals surface area contributed by atoms with Gasteiger partial charge in [0.2, 0.25) is 0 Å². The Balaban J connectivity index is 2.06. The second-order valence-corrected chi connectivity index (χ2v) is 6.34. The lowest BCUT2D eigenvalue weighted by Gasteiger charge is -2.09. The van der Waals surface area contributed by atoms with E-state index in [1.54, 1.807) is 18.4 Å². The maximum absolute atomic E-state index is 12.5. The summed E-state index contributed by atoms with van der Waals surface area (Å²) >= 11 is 1.59. The molecule has 3 heterocycles. The standard InChI is InChI=1S/C14H15N5O2S/c1-8-11(22-9(2)17-8)4-5-19-13(20)10-6-15-7-16-12(10)18(3)14(19)21/h6-7H,4-5H2,1-3H3. The minimum atomic E-state index is -0.366. The van der Waals surface area contributed by atoms with E-state index in [-0.39, 0.29) is 11.2 Å². The van der Waals surface area contributed by atoms with Crippen molar-refractivity contribution in [3.05, 3.63) is 48.9 Å². The van der Waals surface area contributed by atoms with Crippen LogP contribution >= 0.6 is 11.3 Å². The second-order valence-electron chi connectivity index (χ2n) is 5.05. The summed E-state index contributed by atoms with van der Waals surface area (Å²) in [5.41, 5.74) is 0.593. The van der Waals surface area contributed by atoms with E-state index in [0.29, 0.717) is 24.0 Å². The molecule has 0 spiro atoms. The average Bonchev–Trinajstić information content (AvgIpc) is 2.83. The Morgan fingerprint density at radius 2 is 2.05 bits per heavy atom. The van der Waals surface area contributed by atoms with Gasteiger partial charge in [-0.3, -0.25) is 13.9 Å². The third-order valence-electron chi connectivity index (χ3n) is 3.56. The molecular weight excluding hydrogens is 302 g/mol. The van der Waals surface area contributed by atoms with Gasteiger partial charge in [-0.15, -0.1) is 11.3 Å². The van der Waals surface area contributed by atoms with E-state index in [1.807, 2.05) is 13.8 Å². The number of aromatic nitrogens is 5. The molecule has 0 bridgehead atoms. The van der Waals surface area contributed by atoms with Crippen LogP contribution in [-0.2, 0) is 20.0 Å². The molecule has 0 aliphatic rings. The van der Waals surface area contributed by atoms with E-state index in [0.717, 1.165) is 15.6 Å². The zero-order chi connectivity index (χ0) is 15.9. The van der Waals surface area contributed by atoms with Gasteiger partial charge in [-0.1, -0.05) is 0 Å². The molecule has 0 radical (unpaired) electrons. The average molecular weight is 317 g/mol. The first-order valence-electron chi connectivity index (χ1n) is 6.81. The Morgan fingerprint density at radius 3 is 2.73 bits per heavy atom. The van der Waals surface area contributed by atoms with Crippen LogP contribution < -0.4 is 11.2 Å². The maximum atomic E-state index is 12.5. The zero-order valence-electron chi connectivity index (χ0n) is 12.5. The Morgan fingerprint density at radius 1 is 1.27 bits per heavy atom. The molecule has 0 saturated carbocycles. The van der Waals surface area contributed by atoms with Crippen LogP contribution in [0.4, 0.5) is 0 Å². The number of fused-ring (bicyclic) bond motifs is 1. The topological polar surface area (TPSA) is 82.7 Å². The van der Waals surface area contributed by atoms with E-state index >= 15 is 0 Å². The van der Waals surface area contributed by atoms with Crippen LogP contribution in [-0.4, -0.2) is 24.1 Å². The molecule has 0 amide bonds. The van der Waals surface area contributed by atoms with Crippen molar-refractivity contribution in [2.24, 2.45) is 7.05 Å². The number of rotatable bonds is 3. The highest BCUT2D eigenvalue weighted by Gasteiger charge is 2.13. The Kier molecular flexibility index (Phi) is 3.61. The largest absolute Gasteiger partial charge is 0.332 e. The molecular formula is C14H15N5O2S. The second kappa shape index (κ2) is 5.45. The summed E-state index contributed by atoms with van der Waals surface area (Å²) in [6.07, 6.45) is 3.38. The number of hydrogen-bond donors (Lipinski definition) is 0. The lowest BCUT2D eigenvalue weighted by Crippen LogP contribution is -2.39. The lowest BCUT2D eigenvalue weighted by molar-refractivity contribution is 0.603. The predicted molar refractivity (Wildman–Crippen MR) is 84.3 cm³/mol. The summed E-state index contributed by atoms with van der Waals surface area (Å²) in [4.78, 5) is 38.2. The first-order valence-corrected chi connectivity index (χ1v) is 7.63. The number of hydrogen-bond acceptors (Lipinski definition) is 6. The lowest BCUT2D eigenvalue weighted by atomic mass is 10.3. The number of aryl methyl sites for hydroxylation is 4. The SMILES string of the molecule is Cc1nc(C)c(CCn2c(=O)c3cncnc3n(C)c2=O)s1. The molecule has 8 heteroatoms. The maximum Gasteiger partial charge on any atom is 0.332 e. The first-order chi connectivity index (χ1) is 10.5. The van der Waals surface area contributed by atoms with E-state index in [1.165, 1.54) is 21.7 Å². The molecule has 0 fully saturated rings. The van der Waals surface area contributed by atoms with Gasteiger partial charge in [0, 0.05) is 31.1 Å². The summed E-state index contributed by atoms with van der Waals surface area (Å²) < 4.78 is 2.61. The quantitative estimate of drug-likeness (QED) is 0.714. The van der Waals surface area contributed by atoms with Crippen molar-refractivity contribution in [1.82, 2.24) is 24.1 Å². The van der Waals surface area contributed by atoms with E-state index in [4.69, 9.17) is 0 Å². The highest BCUT2D eigenvalue weighted by molar-refractivity contribution is 7.11. The van der Waals surface area contributed by atoms with Crippen molar-refractivity contribution in [2.75, 3.05) is 0 Å². The number of nitrogens with zero attached hydrogens (tertiary/aromatic N) is 5. The molecule has 0 aliphatic heterocycles. The fraction of sp³-hybridized carbons (Fsp3) is 0.357. The molecule has 114 valence electrons. The molecule has 0 aromatic carbocycles. The Hall–Kier alpha value is -2.35. The fourth-order valence-electron chi connectivity index (χ4n) is 2.46. The Labute approximate surface area is 129 Å². The van der Waals surface area contributed by atoms with Crippen LogP contribution in [0.25, 0.3) is 11.0 Å². The summed E-state index contributed by atoms with van der Waals surface area (Å²) in [6, 6.07) is 0. The molecule has 3 aromatic rings. The summed E-state index contributed by atoms with van der Waals surface area (Å²) in [7, 11) is 1.61. The van der Waals surface area contributed by atoms with Crippen molar-refractivity contribution in [3.8, 4) is 0 Å². The molecule has 22 heavy (non-hydrogen) atoms. The van der Waals surface area contributed by atoms with Crippen LogP contribution in [0.15, 0.2) is 22.1 Å². The monoisotopic (exact) mass is 317 g/mol. The Bertz CT molecular complexity index is 970. The van der Waals surface area contributed by atoms with E-state index < -0.39 is 0 Å². The van der Waals surface area contributed by atoms with Crippen molar-refractivity contribution < 1.29 is 0 Å². The van der Waals surface area contributed by atoms with Gasteiger partial charge in [0.05, 0.1) is 10.7 Å². The van der Waals surface area contributed by atoms with E-state index in [2.05, 4.69) is 15.0 Å². The van der Waals surface area contributed by atoms with Gasteiger partial charge >= 0.3 is 5.69 Å². The zero-order valence-corrected chi connectivity index (χ0v) is 13.3. The van der Waals surface area contributed by atoms with Crippen molar-refractivity contribution >= 4 is 22.4 Å². The third kappa shape index (κ3) is 2.35. The minimum Gasteiger partial charge on any atom is -0.280 e.